The number of sulfone groups is 1. The van der Waals surface area contributed by atoms with Crippen molar-refractivity contribution in [2.24, 2.45) is 0 Å². The standard InChI is InChI=1S/C12H17BrO3S/c1-16-11-5-7-12(8-6-11)17(14,15)10-4-2-3-9-13/h5-8H,2-4,9-10H2,1H3. The Balaban J connectivity index is 2.62. The average molecular weight is 321 g/mol. The maximum atomic E-state index is 11.9. The Morgan fingerprint density at radius 3 is 2.29 bits per heavy atom. The Morgan fingerprint density at radius 1 is 1.12 bits per heavy atom. The van der Waals surface area contributed by atoms with Crippen LogP contribution in [0.1, 0.15) is 19.3 Å². The Morgan fingerprint density at radius 2 is 1.76 bits per heavy atom. The third-order valence-corrected chi connectivity index (χ3v) is 4.84. The van der Waals surface area contributed by atoms with Gasteiger partial charge in [0.1, 0.15) is 5.75 Å². The van der Waals surface area contributed by atoms with Gasteiger partial charge in [-0.3, -0.25) is 0 Å². The largest absolute Gasteiger partial charge is 0.497 e. The second-order valence-corrected chi connectivity index (χ2v) is 6.65. The van der Waals surface area contributed by atoms with E-state index in [0.29, 0.717) is 17.1 Å². The molecule has 0 amide bonds. The second kappa shape index (κ2) is 7.01. The van der Waals surface area contributed by atoms with E-state index in [-0.39, 0.29) is 5.75 Å². The average Bonchev–Trinajstić information content (AvgIpc) is 2.35. The molecule has 0 bridgehead atoms. The summed E-state index contributed by atoms with van der Waals surface area (Å²) in [5.74, 6) is 0.884. The van der Waals surface area contributed by atoms with Crippen molar-refractivity contribution in [1.29, 1.82) is 0 Å². The quantitative estimate of drug-likeness (QED) is 0.573. The van der Waals surface area contributed by atoms with Crippen LogP contribution < -0.4 is 4.74 Å². The fraction of sp³-hybridized carbons (Fsp3) is 0.500. The highest BCUT2D eigenvalue weighted by Crippen LogP contribution is 2.17. The van der Waals surface area contributed by atoms with E-state index in [2.05, 4.69) is 15.9 Å². The van der Waals surface area contributed by atoms with Crippen LogP contribution in [-0.4, -0.2) is 26.6 Å². The smallest absolute Gasteiger partial charge is 0.178 e. The highest BCUT2D eigenvalue weighted by molar-refractivity contribution is 9.09. The van der Waals surface area contributed by atoms with Gasteiger partial charge in [0.25, 0.3) is 0 Å². The minimum atomic E-state index is -3.14. The number of hydrogen-bond donors (Lipinski definition) is 0. The van der Waals surface area contributed by atoms with Crippen LogP contribution in [0.15, 0.2) is 29.2 Å². The second-order valence-electron chi connectivity index (χ2n) is 3.74. The van der Waals surface area contributed by atoms with Crippen LogP contribution >= 0.6 is 15.9 Å². The van der Waals surface area contributed by atoms with Crippen LogP contribution in [0.5, 0.6) is 5.75 Å². The minimum Gasteiger partial charge on any atom is -0.497 e. The highest BCUT2D eigenvalue weighted by Gasteiger charge is 2.13. The van der Waals surface area contributed by atoms with E-state index in [1.807, 2.05) is 0 Å². The van der Waals surface area contributed by atoms with Crippen LogP contribution in [0.3, 0.4) is 0 Å². The van der Waals surface area contributed by atoms with Crippen LogP contribution in [0, 0.1) is 0 Å². The molecule has 0 radical (unpaired) electrons. The van der Waals surface area contributed by atoms with E-state index in [4.69, 9.17) is 4.74 Å². The molecule has 0 aliphatic heterocycles. The number of methoxy groups -OCH3 is 1. The fourth-order valence-electron chi connectivity index (χ4n) is 1.46. The molecule has 0 atom stereocenters. The van der Waals surface area contributed by atoms with Gasteiger partial charge in [-0.15, -0.1) is 0 Å². The van der Waals surface area contributed by atoms with Gasteiger partial charge in [-0.05, 0) is 37.1 Å². The van der Waals surface area contributed by atoms with E-state index < -0.39 is 9.84 Å². The van der Waals surface area contributed by atoms with Crippen molar-refractivity contribution in [2.45, 2.75) is 24.2 Å². The fourth-order valence-corrected chi connectivity index (χ4v) is 3.23. The number of unbranched alkanes of at least 4 members (excludes halogenated alkanes) is 2. The number of ether oxygens (including phenoxy) is 1. The van der Waals surface area contributed by atoms with E-state index in [9.17, 15) is 8.42 Å². The molecule has 1 aromatic rings. The lowest BCUT2D eigenvalue weighted by molar-refractivity contribution is 0.414. The Bertz CT molecular complexity index is 426. The highest BCUT2D eigenvalue weighted by atomic mass is 79.9. The molecule has 5 heteroatoms. The van der Waals surface area contributed by atoms with Gasteiger partial charge in [-0.25, -0.2) is 8.42 Å². The van der Waals surface area contributed by atoms with E-state index in [0.717, 1.165) is 18.2 Å². The molecule has 0 heterocycles. The van der Waals surface area contributed by atoms with Crippen molar-refractivity contribution in [3.8, 4) is 5.75 Å². The van der Waals surface area contributed by atoms with Gasteiger partial charge < -0.3 is 4.74 Å². The predicted octanol–water partition coefficient (Wildman–Crippen LogP) is 3.03. The summed E-state index contributed by atoms with van der Waals surface area (Å²) < 4.78 is 28.9. The minimum absolute atomic E-state index is 0.215. The van der Waals surface area contributed by atoms with Crippen LogP contribution in [-0.2, 0) is 9.84 Å². The van der Waals surface area contributed by atoms with Gasteiger partial charge in [0.2, 0.25) is 0 Å². The van der Waals surface area contributed by atoms with Crippen LogP contribution in [0.25, 0.3) is 0 Å². The SMILES string of the molecule is COc1ccc(S(=O)(=O)CCCCCBr)cc1. The van der Waals surface area contributed by atoms with Crippen molar-refractivity contribution >= 4 is 25.8 Å². The zero-order valence-corrected chi connectivity index (χ0v) is 12.3. The maximum absolute atomic E-state index is 11.9. The molecule has 96 valence electrons. The molecule has 1 rings (SSSR count). The lowest BCUT2D eigenvalue weighted by Gasteiger charge is -2.05. The molecular weight excluding hydrogens is 304 g/mol. The number of alkyl halides is 1. The summed E-state index contributed by atoms with van der Waals surface area (Å²) in [5, 5.41) is 0.926. The van der Waals surface area contributed by atoms with E-state index in [1.165, 1.54) is 0 Å². The molecule has 0 fully saturated rings. The Hall–Kier alpha value is -0.550. The van der Waals surface area contributed by atoms with Crippen LogP contribution in [0.4, 0.5) is 0 Å². The molecule has 0 unspecified atom stereocenters. The third kappa shape index (κ3) is 4.68. The maximum Gasteiger partial charge on any atom is 0.178 e. The zero-order valence-electron chi connectivity index (χ0n) is 9.86. The van der Waals surface area contributed by atoms with Crippen molar-refractivity contribution < 1.29 is 13.2 Å². The lowest BCUT2D eigenvalue weighted by atomic mass is 10.3. The van der Waals surface area contributed by atoms with Crippen molar-refractivity contribution in [1.82, 2.24) is 0 Å². The third-order valence-electron chi connectivity index (χ3n) is 2.47. The van der Waals surface area contributed by atoms with Gasteiger partial charge in [-0.2, -0.15) is 0 Å². The number of halogens is 1. The van der Waals surface area contributed by atoms with Gasteiger partial charge in [0.05, 0.1) is 17.8 Å². The van der Waals surface area contributed by atoms with Crippen molar-refractivity contribution in [2.75, 3.05) is 18.2 Å². The van der Waals surface area contributed by atoms with E-state index in [1.54, 1.807) is 31.4 Å². The lowest BCUT2D eigenvalue weighted by Crippen LogP contribution is -2.06. The normalized spacial score (nSPS) is 11.4. The topological polar surface area (TPSA) is 43.4 Å². The molecule has 3 nitrogen and oxygen atoms in total. The molecule has 0 saturated heterocycles. The monoisotopic (exact) mass is 320 g/mol. The summed E-state index contributed by atoms with van der Waals surface area (Å²) in [7, 11) is -1.58. The summed E-state index contributed by atoms with van der Waals surface area (Å²) in [6, 6.07) is 6.54. The molecular formula is C12H17BrO3S. The summed E-state index contributed by atoms with van der Waals surface area (Å²) in [6.45, 7) is 0. The van der Waals surface area contributed by atoms with Gasteiger partial charge in [-0.1, -0.05) is 22.4 Å². The molecule has 1 aromatic carbocycles. The molecule has 0 aliphatic carbocycles. The molecule has 0 aliphatic rings. The first-order valence-corrected chi connectivity index (χ1v) is 8.30. The van der Waals surface area contributed by atoms with Gasteiger partial charge >= 0.3 is 0 Å². The number of rotatable bonds is 7. The van der Waals surface area contributed by atoms with Crippen molar-refractivity contribution in [3.05, 3.63) is 24.3 Å². The molecule has 0 spiro atoms. The first-order valence-electron chi connectivity index (χ1n) is 5.53. The zero-order chi connectivity index (χ0) is 12.7. The summed E-state index contributed by atoms with van der Waals surface area (Å²) in [5.41, 5.74) is 0. The van der Waals surface area contributed by atoms with Gasteiger partial charge in [0, 0.05) is 5.33 Å². The Labute approximate surface area is 111 Å². The molecule has 0 N–H and O–H groups in total. The van der Waals surface area contributed by atoms with E-state index >= 15 is 0 Å². The molecule has 17 heavy (non-hydrogen) atoms. The summed E-state index contributed by atoms with van der Waals surface area (Å²) in [6.07, 6.45) is 2.65. The summed E-state index contributed by atoms with van der Waals surface area (Å²) >= 11 is 3.33. The Kier molecular flexibility index (Phi) is 5.98. The molecule has 0 saturated carbocycles. The number of benzene rings is 1. The molecule has 0 aromatic heterocycles. The predicted molar refractivity (Wildman–Crippen MR) is 72.7 cm³/mol. The first-order chi connectivity index (χ1) is 8.10. The van der Waals surface area contributed by atoms with Gasteiger partial charge in [0.15, 0.2) is 9.84 Å². The van der Waals surface area contributed by atoms with Crippen molar-refractivity contribution in [3.63, 3.8) is 0 Å². The first kappa shape index (κ1) is 14.5. The van der Waals surface area contributed by atoms with Crippen LogP contribution in [0.2, 0.25) is 0 Å². The number of hydrogen-bond acceptors (Lipinski definition) is 3. The summed E-state index contributed by atoms with van der Waals surface area (Å²) in [4.78, 5) is 0.372.